The molecule has 1 aliphatic rings. The fraction of sp³-hybridized carbons (Fsp3) is 0. The Labute approximate surface area is 120 Å². The van der Waals surface area contributed by atoms with Crippen LogP contribution >= 0.6 is 15.9 Å². The summed E-state index contributed by atoms with van der Waals surface area (Å²) >= 11 is 3.41. The second-order valence-electron chi connectivity index (χ2n) is 3.90. The van der Waals surface area contributed by atoms with Gasteiger partial charge in [-0.15, -0.1) is 0 Å². The van der Waals surface area contributed by atoms with Gasteiger partial charge in [-0.3, -0.25) is 9.52 Å². The number of nitrogens with one attached hydrogen (secondary N) is 1. The Morgan fingerprint density at radius 3 is 2.84 bits per heavy atom. The molecule has 1 aromatic carbocycles. The molecule has 1 unspecified atom stereocenters. The molecule has 0 aliphatic carbocycles. The molecule has 96 valence electrons. The lowest BCUT2D eigenvalue weighted by Gasteiger charge is -1.99. The van der Waals surface area contributed by atoms with E-state index in [-0.39, 0.29) is 5.91 Å². The number of nitrogens with zero attached hydrogens (tertiary/aromatic N) is 2. The SMILES string of the molecule is O=C1C=C(n2cc(-c3cccc(Br)c3)cn2)S(=O)N1. The van der Waals surface area contributed by atoms with Crippen molar-refractivity contribution in [3.8, 4) is 11.1 Å². The van der Waals surface area contributed by atoms with Crippen LogP contribution in [0, 0.1) is 0 Å². The van der Waals surface area contributed by atoms with Gasteiger partial charge in [0, 0.05) is 22.3 Å². The first-order valence-corrected chi connectivity index (χ1v) is 7.33. The van der Waals surface area contributed by atoms with Crippen molar-refractivity contribution in [1.29, 1.82) is 0 Å². The summed E-state index contributed by atoms with van der Waals surface area (Å²) in [6.07, 6.45) is 4.70. The number of halogens is 1. The summed E-state index contributed by atoms with van der Waals surface area (Å²) in [7, 11) is -1.54. The fourth-order valence-corrected chi connectivity index (χ4v) is 2.98. The lowest BCUT2D eigenvalue weighted by atomic mass is 10.1. The van der Waals surface area contributed by atoms with Crippen molar-refractivity contribution in [2.45, 2.75) is 0 Å². The topological polar surface area (TPSA) is 64.0 Å². The van der Waals surface area contributed by atoms with Crippen LogP contribution in [-0.4, -0.2) is 19.9 Å². The van der Waals surface area contributed by atoms with Crippen LogP contribution in [0.1, 0.15) is 0 Å². The van der Waals surface area contributed by atoms with Crippen LogP contribution in [-0.2, 0) is 15.8 Å². The number of carbonyl (C=O) groups excluding carboxylic acids is 1. The third-order valence-electron chi connectivity index (χ3n) is 2.60. The minimum absolute atomic E-state index is 0.339. The van der Waals surface area contributed by atoms with Gasteiger partial charge in [-0.2, -0.15) is 5.10 Å². The van der Waals surface area contributed by atoms with Gasteiger partial charge in [-0.1, -0.05) is 28.1 Å². The van der Waals surface area contributed by atoms with Crippen molar-refractivity contribution in [3.63, 3.8) is 0 Å². The van der Waals surface area contributed by atoms with Crippen LogP contribution in [0.4, 0.5) is 0 Å². The van der Waals surface area contributed by atoms with Crippen molar-refractivity contribution >= 4 is 37.9 Å². The maximum Gasteiger partial charge on any atom is 0.258 e. The third-order valence-corrected chi connectivity index (χ3v) is 4.17. The second kappa shape index (κ2) is 4.75. The predicted molar refractivity (Wildman–Crippen MR) is 75.9 cm³/mol. The Balaban J connectivity index is 1.98. The zero-order valence-electron chi connectivity index (χ0n) is 9.54. The Morgan fingerprint density at radius 1 is 1.32 bits per heavy atom. The quantitative estimate of drug-likeness (QED) is 0.910. The summed E-state index contributed by atoms with van der Waals surface area (Å²) in [5.41, 5.74) is 1.88. The van der Waals surface area contributed by atoms with Gasteiger partial charge in [0.1, 0.15) is 0 Å². The van der Waals surface area contributed by atoms with E-state index < -0.39 is 11.0 Å². The summed E-state index contributed by atoms with van der Waals surface area (Å²) in [5, 5.41) is 4.48. The third kappa shape index (κ3) is 2.39. The number of amides is 1. The molecule has 0 saturated heterocycles. The highest BCUT2D eigenvalue weighted by Gasteiger charge is 2.21. The highest BCUT2D eigenvalue weighted by Crippen LogP contribution is 2.24. The van der Waals surface area contributed by atoms with Crippen molar-refractivity contribution < 1.29 is 9.00 Å². The molecular weight excluding hydrogens is 330 g/mol. The smallest absolute Gasteiger partial charge is 0.258 e. The first-order chi connectivity index (χ1) is 9.13. The summed E-state index contributed by atoms with van der Waals surface area (Å²) in [6.45, 7) is 0. The zero-order chi connectivity index (χ0) is 13.4. The molecule has 1 N–H and O–H groups in total. The summed E-state index contributed by atoms with van der Waals surface area (Å²) in [6, 6.07) is 7.78. The van der Waals surface area contributed by atoms with Crippen molar-refractivity contribution in [1.82, 2.24) is 14.5 Å². The van der Waals surface area contributed by atoms with E-state index in [1.165, 1.54) is 10.8 Å². The van der Waals surface area contributed by atoms with Crippen LogP contribution in [0.15, 0.2) is 47.2 Å². The van der Waals surface area contributed by atoms with E-state index >= 15 is 0 Å². The lowest BCUT2D eigenvalue weighted by Crippen LogP contribution is -2.17. The molecule has 2 aromatic rings. The summed E-state index contributed by atoms with van der Waals surface area (Å²) in [4.78, 5) is 11.1. The molecule has 0 radical (unpaired) electrons. The van der Waals surface area contributed by atoms with Gasteiger partial charge in [0.15, 0.2) is 16.0 Å². The van der Waals surface area contributed by atoms with E-state index in [1.54, 1.807) is 12.4 Å². The molecule has 0 spiro atoms. The molecule has 19 heavy (non-hydrogen) atoms. The Bertz CT molecular complexity index is 723. The van der Waals surface area contributed by atoms with Crippen LogP contribution in [0.5, 0.6) is 0 Å². The molecule has 1 aliphatic heterocycles. The molecule has 0 saturated carbocycles. The normalized spacial score (nSPS) is 18.3. The van der Waals surface area contributed by atoms with Gasteiger partial charge in [0.05, 0.1) is 6.20 Å². The minimum atomic E-state index is -1.54. The van der Waals surface area contributed by atoms with Crippen LogP contribution in [0.2, 0.25) is 0 Å². The van der Waals surface area contributed by atoms with Gasteiger partial charge in [0.25, 0.3) is 5.91 Å². The van der Waals surface area contributed by atoms with E-state index in [4.69, 9.17) is 0 Å². The van der Waals surface area contributed by atoms with Gasteiger partial charge in [-0.25, -0.2) is 8.89 Å². The number of benzene rings is 1. The predicted octanol–water partition coefficient (Wildman–Crippen LogP) is 1.90. The highest BCUT2D eigenvalue weighted by molar-refractivity contribution is 9.10. The van der Waals surface area contributed by atoms with Crippen LogP contribution < -0.4 is 4.72 Å². The molecular formula is C12H8BrN3O2S. The molecule has 1 amide bonds. The number of hydrogen-bond donors (Lipinski definition) is 1. The first kappa shape index (κ1) is 12.3. The van der Waals surface area contributed by atoms with Crippen molar-refractivity contribution in [3.05, 3.63) is 47.2 Å². The van der Waals surface area contributed by atoms with Crippen molar-refractivity contribution in [2.24, 2.45) is 0 Å². The van der Waals surface area contributed by atoms with Crippen LogP contribution in [0.25, 0.3) is 16.2 Å². The fourth-order valence-electron chi connectivity index (χ4n) is 1.75. The Kier molecular flexibility index (Phi) is 3.08. The zero-order valence-corrected chi connectivity index (χ0v) is 11.9. The van der Waals surface area contributed by atoms with Gasteiger partial charge in [-0.05, 0) is 17.7 Å². The molecule has 7 heteroatoms. The van der Waals surface area contributed by atoms with Gasteiger partial charge >= 0.3 is 0 Å². The monoisotopic (exact) mass is 337 g/mol. The minimum Gasteiger partial charge on any atom is -0.269 e. The Hall–Kier alpha value is -1.73. The Morgan fingerprint density at radius 2 is 2.16 bits per heavy atom. The van der Waals surface area contributed by atoms with E-state index in [0.717, 1.165) is 15.6 Å². The van der Waals surface area contributed by atoms with E-state index in [2.05, 4.69) is 25.8 Å². The average molecular weight is 338 g/mol. The van der Waals surface area contributed by atoms with E-state index in [9.17, 15) is 9.00 Å². The number of carbonyl (C=O) groups is 1. The van der Waals surface area contributed by atoms with E-state index in [1.807, 2.05) is 24.3 Å². The average Bonchev–Trinajstić information content (AvgIpc) is 2.96. The number of rotatable bonds is 2. The number of aromatic nitrogens is 2. The second-order valence-corrected chi connectivity index (χ2v) is 5.98. The largest absolute Gasteiger partial charge is 0.269 e. The van der Waals surface area contributed by atoms with E-state index in [0.29, 0.717) is 5.03 Å². The van der Waals surface area contributed by atoms with Crippen molar-refractivity contribution in [2.75, 3.05) is 0 Å². The molecule has 3 rings (SSSR count). The van der Waals surface area contributed by atoms with Crippen LogP contribution in [0.3, 0.4) is 0 Å². The first-order valence-electron chi connectivity index (χ1n) is 5.38. The number of hydrogen-bond acceptors (Lipinski definition) is 3. The molecule has 1 aromatic heterocycles. The van der Waals surface area contributed by atoms with Gasteiger partial charge in [0.2, 0.25) is 0 Å². The maximum atomic E-state index is 11.6. The van der Waals surface area contributed by atoms with Gasteiger partial charge < -0.3 is 0 Å². The standard InChI is InChI=1S/C12H8BrN3O2S/c13-10-3-1-2-8(4-10)9-6-14-16(7-9)12-5-11(17)15-19(12)18/h1-7H,(H,15,17). The molecule has 0 fully saturated rings. The summed E-state index contributed by atoms with van der Waals surface area (Å²) in [5.74, 6) is -0.368. The maximum absolute atomic E-state index is 11.6. The molecule has 1 atom stereocenters. The molecule has 5 nitrogen and oxygen atoms in total. The molecule has 2 heterocycles. The molecule has 0 bridgehead atoms. The highest BCUT2D eigenvalue weighted by atomic mass is 79.9. The lowest BCUT2D eigenvalue weighted by molar-refractivity contribution is -0.114. The summed E-state index contributed by atoms with van der Waals surface area (Å²) < 4.78 is 16.3.